The fourth-order valence-electron chi connectivity index (χ4n) is 0.866. The predicted octanol–water partition coefficient (Wildman–Crippen LogP) is 3.44. The monoisotopic (exact) mass is 258 g/mol. The highest BCUT2D eigenvalue weighted by molar-refractivity contribution is 14.1. The lowest BCUT2D eigenvalue weighted by atomic mass is 10.1. The van der Waals surface area contributed by atoms with E-state index in [4.69, 9.17) is 0 Å². The summed E-state index contributed by atoms with van der Waals surface area (Å²) in [5.41, 5.74) is 3.76. The molecular weight excluding hydrogens is 247 g/mol. The van der Waals surface area contributed by atoms with Crippen LogP contribution in [-0.2, 0) is 0 Å². The number of rotatable bonds is 2. The normalized spacial score (nSPS) is 9.64. The van der Waals surface area contributed by atoms with Crippen LogP contribution < -0.4 is 0 Å². The predicted molar refractivity (Wildman–Crippen MR) is 59.1 cm³/mol. The standard InChI is InChI=1S/C10H11I/c1-8-3-5-10(6-4-8)9(2)7-11/h3-6H,2,7H2,1H3. The second kappa shape index (κ2) is 3.90. The van der Waals surface area contributed by atoms with Gasteiger partial charge in [-0.2, -0.15) is 0 Å². The quantitative estimate of drug-likeness (QED) is 0.563. The van der Waals surface area contributed by atoms with Crippen molar-refractivity contribution in [3.63, 3.8) is 0 Å². The summed E-state index contributed by atoms with van der Waals surface area (Å²) in [4.78, 5) is 0. The molecular formula is C10H11I. The zero-order chi connectivity index (χ0) is 8.27. The average molecular weight is 258 g/mol. The number of alkyl halides is 1. The van der Waals surface area contributed by atoms with Crippen molar-refractivity contribution in [2.24, 2.45) is 0 Å². The highest BCUT2D eigenvalue weighted by Gasteiger charge is 1.94. The first-order chi connectivity index (χ1) is 5.24. The highest BCUT2D eigenvalue weighted by atomic mass is 127. The Morgan fingerprint density at radius 3 is 2.36 bits per heavy atom. The zero-order valence-electron chi connectivity index (χ0n) is 6.60. The third-order valence-corrected chi connectivity index (χ3v) is 2.54. The molecule has 0 saturated heterocycles. The minimum Gasteiger partial charge on any atom is -0.0945 e. The Kier molecular flexibility index (Phi) is 3.12. The number of hydrogen-bond acceptors (Lipinski definition) is 0. The maximum absolute atomic E-state index is 3.97. The molecule has 11 heavy (non-hydrogen) atoms. The molecule has 1 heteroatoms. The van der Waals surface area contributed by atoms with Gasteiger partial charge in [-0.1, -0.05) is 59.0 Å². The van der Waals surface area contributed by atoms with E-state index in [1.807, 2.05) is 0 Å². The lowest BCUT2D eigenvalue weighted by molar-refractivity contribution is 1.45. The van der Waals surface area contributed by atoms with Crippen LogP contribution in [0.1, 0.15) is 11.1 Å². The molecule has 1 aromatic carbocycles. The Morgan fingerprint density at radius 2 is 1.91 bits per heavy atom. The largest absolute Gasteiger partial charge is 0.0945 e. The Balaban J connectivity index is 2.90. The van der Waals surface area contributed by atoms with Crippen molar-refractivity contribution in [3.05, 3.63) is 42.0 Å². The smallest absolute Gasteiger partial charge is 0.0247 e. The SMILES string of the molecule is C=C(CI)c1ccc(C)cc1. The van der Waals surface area contributed by atoms with Crippen LogP contribution in [-0.4, -0.2) is 4.43 Å². The van der Waals surface area contributed by atoms with E-state index < -0.39 is 0 Å². The molecule has 0 aromatic heterocycles. The van der Waals surface area contributed by atoms with Gasteiger partial charge in [-0.3, -0.25) is 0 Å². The number of benzene rings is 1. The second-order valence-electron chi connectivity index (χ2n) is 2.60. The molecule has 0 aliphatic carbocycles. The minimum atomic E-state index is 1.00. The van der Waals surface area contributed by atoms with Crippen molar-refractivity contribution in [1.29, 1.82) is 0 Å². The van der Waals surface area contributed by atoms with Crippen LogP contribution in [0.4, 0.5) is 0 Å². The van der Waals surface area contributed by atoms with E-state index in [1.54, 1.807) is 0 Å². The molecule has 0 aliphatic rings. The number of halogens is 1. The summed E-state index contributed by atoms with van der Waals surface area (Å²) in [5, 5.41) is 0. The molecule has 0 unspecified atom stereocenters. The highest BCUT2D eigenvalue weighted by Crippen LogP contribution is 2.14. The molecule has 0 N–H and O–H groups in total. The lowest BCUT2D eigenvalue weighted by Gasteiger charge is -2.00. The van der Waals surface area contributed by atoms with Crippen LogP contribution in [0.25, 0.3) is 5.57 Å². The Labute approximate surface area is 81.5 Å². The van der Waals surface area contributed by atoms with E-state index in [9.17, 15) is 0 Å². The fourth-order valence-corrected chi connectivity index (χ4v) is 1.31. The number of aryl methyl sites for hydroxylation is 1. The molecule has 0 spiro atoms. The van der Waals surface area contributed by atoms with Gasteiger partial charge in [-0.05, 0) is 18.1 Å². The molecule has 0 fully saturated rings. The summed E-state index contributed by atoms with van der Waals surface area (Å²) in [6, 6.07) is 8.48. The molecule has 1 rings (SSSR count). The van der Waals surface area contributed by atoms with Gasteiger partial charge in [-0.15, -0.1) is 0 Å². The van der Waals surface area contributed by atoms with Gasteiger partial charge in [0.15, 0.2) is 0 Å². The second-order valence-corrected chi connectivity index (χ2v) is 3.37. The van der Waals surface area contributed by atoms with Gasteiger partial charge in [0.1, 0.15) is 0 Å². The topological polar surface area (TPSA) is 0 Å². The molecule has 0 atom stereocenters. The fraction of sp³-hybridized carbons (Fsp3) is 0.200. The molecule has 0 amide bonds. The zero-order valence-corrected chi connectivity index (χ0v) is 8.76. The third kappa shape index (κ3) is 2.33. The lowest BCUT2D eigenvalue weighted by Crippen LogP contribution is -1.82. The third-order valence-electron chi connectivity index (χ3n) is 1.62. The molecule has 1 aromatic rings. The van der Waals surface area contributed by atoms with Crippen LogP contribution in [0.2, 0.25) is 0 Å². The summed E-state index contributed by atoms with van der Waals surface area (Å²) in [7, 11) is 0. The molecule has 0 radical (unpaired) electrons. The maximum atomic E-state index is 3.97. The van der Waals surface area contributed by atoms with Crippen LogP contribution in [0, 0.1) is 6.92 Å². The summed E-state index contributed by atoms with van der Waals surface area (Å²) >= 11 is 2.33. The molecule has 0 saturated carbocycles. The molecule has 0 nitrogen and oxygen atoms in total. The maximum Gasteiger partial charge on any atom is 0.0247 e. The Morgan fingerprint density at radius 1 is 1.36 bits per heavy atom. The molecule has 0 bridgehead atoms. The van der Waals surface area contributed by atoms with E-state index in [2.05, 4.69) is 60.4 Å². The molecule has 0 aliphatic heterocycles. The molecule has 58 valence electrons. The van der Waals surface area contributed by atoms with Crippen LogP contribution >= 0.6 is 22.6 Å². The summed E-state index contributed by atoms with van der Waals surface area (Å²) in [6.45, 7) is 6.06. The van der Waals surface area contributed by atoms with Gasteiger partial charge >= 0.3 is 0 Å². The van der Waals surface area contributed by atoms with Crippen molar-refractivity contribution >= 4 is 28.2 Å². The van der Waals surface area contributed by atoms with E-state index in [0.717, 1.165) is 4.43 Å². The van der Waals surface area contributed by atoms with Gasteiger partial charge in [-0.25, -0.2) is 0 Å². The van der Waals surface area contributed by atoms with Gasteiger partial charge < -0.3 is 0 Å². The van der Waals surface area contributed by atoms with Crippen molar-refractivity contribution in [1.82, 2.24) is 0 Å². The van der Waals surface area contributed by atoms with E-state index in [0.29, 0.717) is 0 Å². The van der Waals surface area contributed by atoms with E-state index >= 15 is 0 Å². The first-order valence-electron chi connectivity index (χ1n) is 3.55. The van der Waals surface area contributed by atoms with Crippen LogP contribution in [0.15, 0.2) is 30.8 Å². The van der Waals surface area contributed by atoms with Crippen molar-refractivity contribution in [3.8, 4) is 0 Å². The van der Waals surface area contributed by atoms with E-state index in [-0.39, 0.29) is 0 Å². The van der Waals surface area contributed by atoms with Gasteiger partial charge in [0.2, 0.25) is 0 Å². The van der Waals surface area contributed by atoms with Gasteiger partial charge in [0.05, 0.1) is 0 Å². The van der Waals surface area contributed by atoms with Crippen molar-refractivity contribution in [2.45, 2.75) is 6.92 Å². The first-order valence-corrected chi connectivity index (χ1v) is 5.07. The number of hydrogen-bond donors (Lipinski definition) is 0. The van der Waals surface area contributed by atoms with Crippen LogP contribution in [0.5, 0.6) is 0 Å². The van der Waals surface area contributed by atoms with E-state index in [1.165, 1.54) is 16.7 Å². The Bertz CT molecular complexity index is 246. The van der Waals surface area contributed by atoms with Gasteiger partial charge in [0, 0.05) is 4.43 Å². The van der Waals surface area contributed by atoms with Crippen LogP contribution in [0.3, 0.4) is 0 Å². The minimum absolute atomic E-state index is 1.00. The summed E-state index contributed by atoms with van der Waals surface area (Å²) in [5.74, 6) is 0. The Hall–Kier alpha value is -0.310. The summed E-state index contributed by atoms with van der Waals surface area (Å²) < 4.78 is 1.00. The average Bonchev–Trinajstić information content (AvgIpc) is 2.05. The van der Waals surface area contributed by atoms with Crippen molar-refractivity contribution in [2.75, 3.05) is 4.43 Å². The summed E-state index contributed by atoms with van der Waals surface area (Å²) in [6.07, 6.45) is 0. The van der Waals surface area contributed by atoms with Gasteiger partial charge in [0.25, 0.3) is 0 Å². The van der Waals surface area contributed by atoms with Crippen molar-refractivity contribution < 1.29 is 0 Å². The number of allylic oxidation sites excluding steroid dienone is 1. The molecule has 0 heterocycles. The first kappa shape index (κ1) is 8.78.